The number of aryl methyl sites for hydroxylation is 1. The molecule has 0 bridgehead atoms. The third-order valence-electron chi connectivity index (χ3n) is 3.87. The van der Waals surface area contributed by atoms with E-state index < -0.39 is 0 Å². The van der Waals surface area contributed by atoms with Crippen LogP contribution < -0.4 is 0 Å². The molecule has 1 aromatic carbocycles. The second kappa shape index (κ2) is 4.75. The lowest BCUT2D eigenvalue weighted by molar-refractivity contribution is 0.148. The van der Waals surface area contributed by atoms with E-state index in [0.29, 0.717) is 0 Å². The van der Waals surface area contributed by atoms with Gasteiger partial charge < -0.3 is 9.32 Å². The maximum absolute atomic E-state index is 5.71. The van der Waals surface area contributed by atoms with Crippen molar-refractivity contribution in [1.29, 1.82) is 0 Å². The van der Waals surface area contributed by atoms with Crippen LogP contribution in [0.5, 0.6) is 0 Å². The van der Waals surface area contributed by atoms with Gasteiger partial charge in [0, 0.05) is 43.7 Å². The van der Waals surface area contributed by atoms with Crippen molar-refractivity contribution in [3.8, 4) is 0 Å². The van der Waals surface area contributed by atoms with Gasteiger partial charge in [-0.25, -0.2) is 0 Å². The number of piperazine rings is 1. The van der Waals surface area contributed by atoms with Crippen LogP contribution in [0.15, 0.2) is 28.9 Å². The molecule has 2 heterocycles. The molecule has 3 heteroatoms. The van der Waals surface area contributed by atoms with Crippen molar-refractivity contribution in [3.63, 3.8) is 0 Å². The van der Waals surface area contributed by atoms with Crippen LogP contribution in [-0.4, -0.2) is 43.0 Å². The van der Waals surface area contributed by atoms with E-state index in [0.717, 1.165) is 38.3 Å². The molecule has 1 aromatic heterocycles. The minimum atomic E-state index is 1.00. The number of nitrogens with zero attached hydrogens (tertiary/aromatic N) is 2. The van der Waals surface area contributed by atoms with Crippen LogP contribution in [0, 0.1) is 6.92 Å². The molecular weight excluding hydrogens is 224 g/mol. The third-order valence-corrected chi connectivity index (χ3v) is 3.87. The summed E-state index contributed by atoms with van der Waals surface area (Å²) in [6.07, 6.45) is 1.93. The molecule has 0 unspecified atom stereocenters. The van der Waals surface area contributed by atoms with Crippen molar-refractivity contribution in [3.05, 3.63) is 35.6 Å². The number of rotatable bonds is 2. The van der Waals surface area contributed by atoms with Gasteiger partial charge in [0.2, 0.25) is 0 Å². The number of hydrogen-bond donors (Lipinski definition) is 0. The van der Waals surface area contributed by atoms with Crippen LogP contribution in [0.25, 0.3) is 11.0 Å². The Morgan fingerprint density at radius 3 is 2.72 bits per heavy atom. The average molecular weight is 244 g/mol. The zero-order valence-corrected chi connectivity index (χ0v) is 11.1. The Bertz CT molecular complexity index is 538. The van der Waals surface area contributed by atoms with Gasteiger partial charge in [0.15, 0.2) is 0 Å². The number of furan rings is 1. The van der Waals surface area contributed by atoms with Crippen LogP contribution in [-0.2, 0) is 6.54 Å². The number of para-hydroxylation sites is 1. The van der Waals surface area contributed by atoms with Crippen molar-refractivity contribution in [2.75, 3.05) is 33.2 Å². The first-order valence-corrected chi connectivity index (χ1v) is 6.60. The molecular formula is C15H20N2O. The minimum absolute atomic E-state index is 1.00. The predicted molar refractivity (Wildman–Crippen MR) is 73.7 cm³/mol. The average Bonchev–Trinajstić information content (AvgIpc) is 2.77. The normalized spacial score (nSPS) is 18.6. The number of likely N-dealkylation sites (N-methyl/N-ethyl adjacent to an activating group) is 1. The molecule has 0 N–H and O–H groups in total. The first-order chi connectivity index (χ1) is 8.74. The Morgan fingerprint density at radius 1 is 1.17 bits per heavy atom. The highest BCUT2D eigenvalue weighted by molar-refractivity contribution is 5.83. The summed E-state index contributed by atoms with van der Waals surface area (Å²) in [6, 6.07) is 6.38. The highest BCUT2D eigenvalue weighted by atomic mass is 16.3. The van der Waals surface area contributed by atoms with Crippen LogP contribution in [0.2, 0.25) is 0 Å². The van der Waals surface area contributed by atoms with Gasteiger partial charge >= 0.3 is 0 Å². The Morgan fingerprint density at radius 2 is 1.94 bits per heavy atom. The van der Waals surface area contributed by atoms with Gasteiger partial charge in [-0.05, 0) is 19.5 Å². The fourth-order valence-corrected chi connectivity index (χ4v) is 2.62. The standard InChI is InChI=1S/C15H20N2O/c1-12-4-3-5-14-13(11-18-15(12)14)10-17-8-6-16(2)7-9-17/h3-5,11H,6-10H2,1-2H3. The Kier molecular flexibility index (Phi) is 3.10. The quantitative estimate of drug-likeness (QED) is 0.809. The lowest BCUT2D eigenvalue weighted by Gasteiger charge is -2.32. The van der Waals surface area contributed by atoms with E-state index in [1.54, 1.807) is 0 Å². The molecule has 0 aliphatic carbocycles. The molecule has 18 heavy (non-hydrogen) atoms. The SMILES string of the molecule is Cc1cccc2c(CN3CCN(C)CC3)coc12. The van der Waals surface area contributed by atoms with E-state index in [1.165, 1.54) is 16.5 Å². The highest BCUT2D eigenvalue weighted by Gasteiger charge is 2.16. The predicted octanol–water partition coefficient (Wildman–Crippen LogP) is 2.49. The molecule has 0 spiro atoms. The molecule has 1 fully saturated rings. The summed E-state index contributed by atoms with van der Waals surface area (Å²) >= 11 is 0. The molecule has 1 aliphatic heterocycles. The second-order valence-corrected chi connectivity index (χ2v) is 5.29. The van der Waals surface area contributed by atoms with Crippen molar-refractivity contribution < 1.29 is 4.42 Å². The summed E-state index contributed by atoms with van der Waals surface area (Å²) in [5.41, 5.74) is 3.58. The van der Waals surface area contributed by atoms with Crippen molar-refractivity contribution in [2.24, 2.45) is 0 Å². The van der Waals surface area contributed by atoms with E-state index in [4.69, 9.17) is 4.42 Å². The topological polar surface area (TPSA) is 19.6 Å². The van der Waals surface area contributed by atoms with Gasteiger partial charge in [0.05, 0.1) is 6.26 Å². The molecule has 3 rings (SSSR count). The van der Waals surface area contributed by atoms with Gasteiger partial charge in [-0.1, -0.05) is 18.2 Å². The summed E-state index contributed by atoms with van der Waals surface area (Å²) < 4.78 is 5.71. The fourth-order valence-electron chi connectivity index (χ4n) is 2.62. The van der Waals surface area contributed by atoms with Crippen LogP contribution in [0.3, 0.4) is 0 Å². The van der Waals surface area contributed by atoms with E-state index in [-0.39, 0.29) is 0 Å². The van der Waals surface area contributed by atoms with Gasteiger partial charge in [-0.3, -0.25) is 4.90 Å². The first kappa shape index (κ1) is 11.8. The summed E-state index contributed by atoms with van der Waals surface area (Å²) in [5.74, 6) is 0. The van der Waals surface area contributed by atoms with E-state index in [2.05, 4.69) is 42.0 Å². The molecule has 1 saturated heterocycles. The van der Waals surface area contributed by atoms with E-state index in [9.17, 15) is 0 Å². The molecule has 2 aromatic rings. The molecule has 3 nitrogen and oxygen atoms in total. The van der Waals surface area contributed by atoms with Gasteiger partial charge in [0.1, 0.15) is 5.58 Å². The van der Waals surface area contributed by atoms with Crippen molar-refractivity contribution >= 4 is 11.0 Å². The van der Waals surface area contributed by atoms with Gasteiger partial charge in [0.25, 0.3) is 0 Å². The minimum Gasteiger partial charge on any atom is -0.464 e. The van der Waals surface area contributed by atoms with Crippen molar-refractivity contribution in [1.82, 2.24) is 9.80 Å². The first-order valence-electron chi connectivity index (χ1n) is 6.60. The largest absolute Gasteiger partial charge is 0.464 e. The Labute approximate surface area is 108 Å². The monoisotopic (exact) mass is 244 g/mol. The zero-order valence-electron chi connectivity index (χ0n) is 11.1. The summed E-state index contributed by atoms with van der Waals surface area (Å²) in [5, 5.41) is 1.27. The second-order valence-electron chi connectivity index (χ2n) is 5.29. The maximum atomic E-state index is 5.71. The number of hydrogen-bond acceptors (Lipinski definition) is 3. The molecule has 96 valence electrons. The van der Waals surface area contributed by atoms with Gasteiger partial charge in [-0.2, -0.15) is 0 Å². The Hall–Kier alpha value is -1.32. The summed E-state index contributed by atoms with van der Waals surface area (Å²) in [4.78, 5) is 4.89. The zero-order chi connectivity index (χ0) is 12.5. The number of benzene rings is 1. The molecule has 0 radical (unpaired) electrons. The lowest BCUT2D eigenvalue weighted by Crippen LogP contribution is -2.43. The molecule has 0 saturated carbocycles. The lowest BCUT2D eigenvalue weighted by atomic mass is 10.1. The fraction of sp³-hybridized carbons (Fsp3) is 0.467. The smallest absolute Gasteiger partial charge is 0.137 e. The molecule has 0 atom stereocenters. The molecule has 1 aliphatic rings. The third kappa shape index (κ3) is 2.16. The number of fused-ring (bicyclic) bond motifs is 1. The Balaban J connectivity index is 1.81. The highest BCUT2D eigenvalue weighted by Crippen LogP contribution is 2.25. The summed E-state index contributed by atoms with van der Waals surface area (Å²) in [6.45, 7) is 7.73. The van der Waals surface area contributed by atoms with Crippen LogP contribution in [0.4, 0.5) is 0 Å². The van der Waals surface area contributed by atoms with E-state index >= 15 is 0 Å². The van der Waals surface area contributed by atoms with Crippen LogP contribution >= 0.6 is 0 Å². The summed E-state index contributed by atoms with van der Waals surface area (Å²) in [7, 11) is 2.19. The van der Waals surface area contributed by atoms with E-state index in [1.807, 2.05) is 6.26 Å². The molecule has 0 amide bonds. The van der Waals surface area contributed by atoms with Crippen molar-refractivity contribution in [2.45, 2.75) is 13.5 Å². The van der Waals surface area contributed by atoms with Gasteiger partial charge in [-0.15, -0.1) is 0 Å². The van der Waals surface area contributed by atoms with Crippen LogP contribution in [0.1, 0.15) is 11.1 Å². The maximum Gasteiger partial charge on any atom is 0.137 e.